The summed E-state index contributed by atoms with van der Waals surface area (Å²) in [7, 11) is 2.18. The van der Waals surface area contributed by atoms with E-state index in [0.717, 1.165) is 59.7 Å². The number of benzene rings is 3. The van der Waals surface area contributed by atoms with Crippen LogP contribution in [0.25, 0.3) is 33.5 Å². The molecule has 29 heavy (non-hydrogen) atoms. The third-order valence-electron chi connectivity index (χ3n) is 5.61. The summed E-state index contributed by atoms with van der Waals surface area (Å²) in [5.74, 6) is 0. The van der Waals surface area contributed by atoms with Crippen molar-refractivity contribution in [3.05, 3.63) is 78.9 Å². The van der Waals surface area contributed by atoms with Gasteiger partial charge in [0, 0.05) is 43.0 Å². The van der Waals surface area contributed by atoms with E-state index in [0.29, 0.717) is 0 Å². The third-order valence-corrected chi connectivity index (χ3v) is 5.61. The van der Waals surface area contributed by atoms with Crippen LogP contribution in [0.3, 0.4) is 0 Å². The van der Waals surface area contributed by atoms with Crippen molar-refractivity contribution in [1.82, 2.24) is 14.9 Å². The highest BCUT2D eigenvalue weighted by atomic mass is 15.2. The molecule has 0 bridgehead atoms. The van der Waals surface area contributed by atoms with Gasteiger partial charge in [0.15, 0.2) is 0 Å². The fraction of sp³-hybridized carbons (Fsp3) is 0.200. The Balaban J connectivity index is 1.64. The van der Waals surface area contributed by atoms with Crippen LogP contribution in [0.5, 0.6) is 0 Å². The smallest absolute Gasteiger partial charge is 0.0973 e. The predicted molar refractivity (Wildman–Crippen MR) is 120 cm³/mol. The Hall–Kier alpha value is -3.24. The Labute approximate surface area is 171 Å². The molecule has 144 valence electrons. The van der Waals surface area contributed by atoms with Gasteiger partial charge in [-0.3, -0.25) is 0 Å². The molecule has 0 amide bonds. The minimum Gasteiger partial charge on any atom is -0.369 e. The third kappa shape index (κ3) is 3.59. The maximum atomic E-state index is 5.09. The molecule has 0 atom stereocenters. The Morgan fingerprint density at radius 3 is 1.76 bits per heavy atom. The lowest BCUT2D eigenvalue weighted by Gasteiger charge is -2.34. The average molecular weight is 380 g/mol. The molecular formula is C25H24N4. The molecule has 5 rings (SSSR count). The van der Waals surface area contributed by atoms with Gasteiger partial charge in [-0.25, -0.2) is 9.97 Å². The number of rotatable bonds is 3. The first-order valence-corrected chi connectivity index (χ1v) is 10.1. The fourth-order valence-corrected chi connectivity index (χ4v) is 3.90. The van der Waals surface area contributed by atoms with Crippen molar-refractivity contribution >= 4 is 16.7 Å². The molecule has 2 heterocycles. The Kier molecular flexibility index (Phi) is 4.70. The molecule has 1 saturated heterocycles. The molecule has 0 aliphatic carbocycles. The van der Waals surface area contributed by atoms with E-state index >= 15 is 0 Å². The summed E-state index contributed by atoms with van der Waals surface area (Å²) in [6.45, 7) is 4.27. The van der Waals surface area contributed by atoms with E-state index in [1.807, 2.05) is 24.3 Å². The van der Waals surface area contributed by atoms with Crippen molar-refractivity contribution < 1.29 is 0 Å². The predicted octanol–water partition coefficient (Wildman–Crippen LogP) is 4.72. The summed E-state index contributed by atoms with van der Waals surface area (Å²) in [6.07, 6.45) is 0. The maximum Gasteiger partial charge on any atom is 0.0973 e. The monoisotopic (exact) mass is 380 g/mol. The molecule has 1 aromatic heterocycles. The van der Waals surface area contributed by atoms with Crippen LogP contribution in [0.15, 0.2) is 78.9 Å². The molecule has 1 aliphatic heterocycles. The van der Waals surface area contributed by atoms with Crippen LogP contribution in [0.4, 0.5) is 5.69 Å². The number of piperazine rings is 1. The molecule has 4 aromatic rings. The maximum absolute atomic E-state index is 5.09. The highest BCUT2D eigenvalue weighted by Crippen LogP contribution is 2.32. The van der Waals surface area contributed by atoms with Gasteiger partial charge in [0.1, 0.15) is 0 Å². The topological polar surface area (TPSA) is 32.3 Å². The molecule has 0 spiro atoms. The number of anilines is 1. The molecule has 4 nitrogen and oxygen atoms in total. The number of fused-ring (bicyclic) bond motifs is 1. The molecule has 3 aromatic carbocycles. The van der Waals surface area contributed by atoms with Gasteiger partial charge < -0.3 is 9.80 Å². The summed E-state index contributed by atoms with van der Waals surface area (Å²) in [6, 6.07) is 27.1. The van der Waals surface area contributed by atoms with Crippen LogP contribution in [0.1, 0.15) is 0 Å². The Morgan fingerprint density at radius 1 is 0.621 bits per heavy atom. The van der Waals surface area contributed by atoms with Crippen molar-refractivity contribution in [3.63, 3.8) is 0 Å². The molecule has 0 N–H and O–H groups in total. The molecular weight excluding hydrogens is 356 g/mol. The second-order valence-corrected chi connectivity index (χ2v) is 7.62. The summed E-state index contributed by atoms with van der Waals surface area (Å²) in [5, 5.41) is 0. The van der Waals surface area contributed by atoms with Gasteiger partial charge >= 0.3 is 0 Å². The van der Waals surface area contributed by atoms with Gasteiger partial charge in [-0.05, 0) is 25.2 Å². The van der Waals surface area contributed by atoms with Crippen LogP contribution >= 0.6 is 0 Å². The zero-order valence-corrected chi connectivity index (χ0v) is 16.6. The van der Waals surface area contributed by atoms with E-state index in [-0.39, 0.29) is 0 Å². The second kappa shape index (κ2) is 7.64. The van der Waals surface area contributed by atoms with E-state index < -0.39 is 0 Å². The number of hydrogen-bond acceptors (Lipinski definition) is 4. The summed E-state index contributed by atoms with van der Waals surface area (Å²) in [4.78, 5) is 14.9. The standard InChI is InChI=1S/C25H24N4/c1-28-14-16-29(17-15-28)21-12-13-22-23(18-21)27-25(20-10-6-3-7-11-20)24(26-22)19-8-4-2-5-9-19/h2-13,18H,14-17H2,1H3. The summed E-state index contributed by atoms with van der Waals surface area (Å²) < 4.78 is 0. The van der Waals surface area contributed by atoms with Crippen LogP contribution in [0, 0.1) is 0 Å². The lowest BCUT2D eigenvalue weighted by atomic mass is 10.0. The van der Waals surface area contributed by atoms with Crippen molar-refractivity contribution in [2.45, 2.75) is 0 Å². The molecule has 0 unspecified atom stereocenters. The fourth-order valence-electron chi connectivity index (χ4n) is 3.90. The molecule has 1 aliphatic rings. The van der Waals surface area contributed by atoms with Crippen molar-refractivity contribution in [3.8, 4) is 22.5 Å². The highest BCUT2D eigenvalue weighted by molar-refractivity contribution is 5.87. The molecule has 1 fully saturated rings. The van der Waals surface area contributed by atoms with Gasteiger partial charge in [-0.15, -0.1) is 0 Å². The quantitative estimate of drug-likeness (QED) is 0.515. The average Bonchev–Trinajstić information content (AvgIpc) is 2.79. The lowest BCUT2D eigenvalue weighted by molar-refractivity contribution is 0.313. The van der Waals surface area contributed by atoms with Crippen molar-refractivity contribution in [2.24, 2.45) is 0 Å². The van der Waals surface area contributed by atoms with E-state index in [4.69, 9.17) is 9.97 Å². The first-order valence-electron chi connectivity index (χ1n) is 10.1. The lowest BCUT2D eigenvalue weighted by Crippen LogP contribution is -2.44. The summed E-state index contributed by atoms with van der Waals surface area (Å²) >= 11 is 0. The SMILES string of the molecule is CN1CCN(c2ccc3nc(-c4ccccc4)c(-c4ccccc4)nc3c2)CC1. The second-order valence-electron chi connectivity index (χ2n) is 7.62. The largest absolute Gasteiger partial charge is 0.369 e. The summed E-state index contributed by atoms with van der Waals surface area (Å²) in [5.41, 5.74) is 7.14. The van der Waals surface area contributed by atoms with Gasteiger partial charge in [0.05, 0.1) is 22.4 Å². The number of aromatic nitrogens is 2. The zero-order valence-electron chi connectivity index (χ0n) is 16.6. The van der Waals surface area contributed by atoms with Crippen molar-refractivity contribution in [1.29, 1.82) is 0 Å². The Morgan fingerprint density at radius 2 is 1.17 bits per heavy atom. The van der Waals surface area contributed by atoms with Gasteiger partial charge in [0.2, 0.25) is 0 Å². The Bertz CT molecular complexity index is 1120. The van der Waals surface area contributed by atoms with Crippen LogP contribution in [-0.2, 0) is 0 Å². The minimum absolute atomic E-state index is 0.927. The first kappa shape index (κ1) is 17.8. The first-order chi connectivity index (χ1) is 14.3. The van der Waals surface area contributed by atoms with Crippen LogP contribution in [-0.4, -0.2) is 48.1 Å². The van der Waals surface area contributed by atoms with E-state index in [1.165, 1.54) is 5.69 Å². The molecule has 0 saturated carbocycles. The normalized spacial score (nSPS) is 15.0. The van der Waals surface area contributed by atoms with Gasteiger partial charge in [0.25, 0.3) is 0 Å². The number of likely N-dealkylation sites (N-methyl/N-ethyl adjacent to an activating group) is 1. The van der Waals surface area contributed by atoms with Crippen molar-refractivity contribution in [2.75, 3.05) is 38.1 Å². The van der Waals surface area contributed by atoms with Crippen LogP contribution in [0.2, 0.25) is 0 Å². The van der Waals surface area contributed by atoms with E-state index in [2.05, 4.69) is 71.4 Å². The minimum atomic E-state index is 0.927. The van der Waals surface area contributed by atoms with Crippen LogP contribution < -0.4 is 4.90 Å². The van der Waals surface area contributed by atoms with Gasteiger partial charge in [-0.2, -0.15) is 0 Å². The van der Waals surface area contributed by atoms with E-state index in [9.17, 15) is 0 Å². The number of nitrogens with zero attached hydrogens (tertiary/aromatic N) is 4. The van der Waals surface area contributed by atoms with E-state index in [1.54, 1.807) is 0 Å². The van der Waals surface area contributed by atoms with Gasteiger partial charge in [-0.1, -0.05) is 60.7 Å². The zero-order chi connectivity index (χ0) is 19.6. The number of hydrogen-bond donors (Lipinski definition) is 0. The molecule has 4 heteroatoms. The highest BCUT2D eigenvalue weighted by Gasteiger charge is 2.17. The molecule has 0 radical (unpaired) electrons.